The molecule has 2 heterocycles. The van der Waals surface area contributed by atoms with Gasteiger partial charge in [-0.1, -0.05) is 0 Å². The number of carbonyl (C=O) groups excluding carboxylic acids is 1. The van der Waals surface area contributed by atoms with E-state index >= 15 is 0 Å². The molecule has 0 bridgehead atoms. The van der Waals surface area contributed by atoms with Crippen molar-refractivity contribution in [3.63, 3.8) is 0 Å². The second-order valence-electron chi connectivity index (χ2n) is 4.46. The number of nitrogens with one attached hydrogen (secondary N) is 1. The smallest absolute Gasteiger partial charge is 0.251 e. The molecule has 0 aromatic carbocycles. The Morgan fingerprint density at radius 1 is 1.47 bits per heavy atom. The van der Waals surface area contributed by atoms with Gasteiger partial charge < -0.3 is 5.32 Å². The summed E-state index contributed by atoms with van der Waals surface area (Å²) in [4.78, 5) is 17.8. The van der Waals surface area contributed by atoms with Crippen molar-refractivity contribution in [2.24, 2.45) is 0 Å². The summed E-state index contributed by atoms with van der Waals surface area (Å²) in [5.74, 6) is -0.920. The Morgan fingerprint density at radius 3 is 2.89 bits per heavy atom. The highest BCUT2D eigenvalue weighted by Gasteiger charge is 2.11. The lowest BCUT2D eigenvalue weighted by Crippen LogP contribution is -2.33. The monoisotopic (exact) mass is 278 g/mol. The zero-order chi connectivity index (χ0) is 13.8. The molecule has 0 aliphatic heterocycles. The van der Waals surface area contributed by atoms with Crippen molar-refractivity contribution in [2.75, 3.05) is 0 Å². The van der Waals surface area contributed by atoms with Gasteiger partial charge in [-0.15, -0.1) is 11.3 Å². The molecule has 0 radical (unpaired) electrons. The first-order valence-electron chi connectivity index (χ1n) is 6.02. The molecule has 0 spiro atoms. The maximum absolute atomic E-state index is 12.9. The van der Waals surface area contributed by atoms with Crippen LogP contribution >= 0.6 is 11.3 Å². The van der Waals surface area contributed by atoms with E-state index in [0.717, 1.165) is 12.5 Å². The molecule has 100 valence electrons. The number of nitrogens with zero attached hydrogens (tertiary/aromatic N) is 1. The first-order valence-corrected chi connectivity index (χ1v) is 6.84. The molecule has 1 unspecified atom stereocenters. The molecular weight excluding hydrogens is 263 g/mol. The molecule has 1 atom stereocenters. The van der Waals surface area contributed by atoms with Crippen LogP contribution in [0, 0.1) is 12.9 Å². The van der Waals surface area contributed by atoms with Gasteiger partial charge in [-0.3, -0.25) is 4.79 Å². The van der Waals surface area contributed by atoms with E-state index in [2.05, 4.69) is 29.4 Å². The molecule has 0 aliphatic rings. The van der Waals surface area contributed by atoms with Gasteiger partial charge in [-0.05, 0) is 32.0 Å². The minimum Gasteiger partial charge on any atom is -0.349 e. The number of rotatable bonds is 4. The largest absolute Gasteiger partial charge is 0.349 e. The standard InChI is InChI=1S/C14H15FN2OS/c1-9(7-12-4-3-10(2)19-12)17-14(18)11-5-6-16-13(15)8-11/h3-6,8-9H,7H2,1-2H3,(H,17,18). The lowest BCUT2D eigenvalue weighted by molar-refractivity contribution is 0.0939. The Kier molecular flexibility index (Phi) is 4.27. The SMILES string of the molecule is Cc1ccc(CC(C)NC(=O)c2ccnc(F)c2)s1. The summed E-state index contributed by atoms with van der Waals surface area (Å²) in [5.41, 5.74) is 0.293. The summed E-state index contributed by atoms with van der Waals surface area (Å²) in [5, 5.41) is 2.85. The predicted octanol–water partition coefficient (Wildman–Crippen LogP) is 2.95. The molecule has 5 heteroatoms. The van der Waals surface area contributed by atoms with Crippen molar-refractivity contribution < 1.29 is 9.18 Å². The van der Waals surface area contributed by atoms with Crippen LogP contribution in [0.3, 0.4) is 0 Å². The van der Waals surface area contributed by atoms with Gasteiger partial charge in [-0.25, -0.2) is 4.98 Å². The summed E-state index contributed by atoms with van der Waals surface area (Å²) < 4.78 is 12.9. The molecule has 2 aromatic heterocycles. The fourth-order valence-electron chi connectivity index (χ4n) is 1.80. The quantitative estimate of drug-likeness (QED) is 0.874. The van der Waals surface area contributed by atoms with Gasteiger partial charge in [0.15, 0.2) is 0 Å². The maximum atomic E-state index is 12.9. The van der Waals surface area contributed by atoms with Gasteiger partial charge in [-0.2, -0.15) is 4.39 Å². The predicted molar refractivity (Wildman–Crippen MR) is 73.9 cm³/mol. The maximum Gasteiger partial charge on any atom is 0.251 e. The summed E-state index contributed by atoms with van der Waals surface area (Å²) in [6.45, 7) is 3.99. The molecular formula is C14H15FN2OS. The number of thiophene rings is 1. The van der Waals surface area contributed by atoms with E-state index < -0.39 is 5.95 Å². The van der Waals surface area contributed by atoms with Crippen molar-refractivity contribution in [2.45, 2.75) is 26.3 Å². The van der Waals surface area contributed by atoms with Gasteiger partial charge in [0, 0.05) is 40.0 Å². The molecule has 19 heavy (non-hydrogen) atoms. The highest BCUT2D eigenvalue weighted by Crippen LogP contribution is 2.16. The molecule has 0 fully saturated rings. The number of hydrogen-bond donors (Lipinski definition) is 1. The Balaban J connectivity index is 1.95. The molecule has 3 nitrogen and oxygen atoms in total. The molecule has 2 rings (SSSR count). The summed E-state index contributed by atoms with van der Waals surface area (Å²) >= 11 is 1.72. The Labute approximate surface area is 115 Å². The summed E-state index contributed by atoms with van der Waals surface area (Å²) in [6.07, 6.45) is 2.06. The number of pyridine rings is 1. The highest BCUT2D eigenvalue weighted by molar-refractivity contribution is 7.11. The van der Waals surface area contributed by atoms with Crippen LogP contribution < -0.4 is 5.32 Å². The number of carbonyl (C=O) groups is 1. The fourth-order valence-corrected chi connectivity index (χ4v) is 2.82. The third kappa shape index (κ3) is 3.86. The average Bonchev–Trinajstić information content (AvgIpc) is 2.74. The zero-order valence-electron chi connectivity index (χ0n) is 10.8. The normalized spacial score (nSPS) is 12.2. The van der Waals surface area contributed by atoms with Gasteiger partial charge in [0.1, 0.15) is 0 Å². The zero-order valence-corrected chi connectivity index (χ0v) is 11.6. The van der Waals surface area contributed by atoms with Gasteiger partial charge >= 0.3 is 0 Å². The molecule has 1 N–H and O–H groups in total. The first kappa shape index (κ1) is 13.7. The molecule has 1 amide bonds. The van der Waals surface area contributed by atoms with Crippen molar-refractivity contribution in [3.05, 3.63) is 51.7 Å². The highest BCUT2D eigenvalue weighted by atomic mass is 32.1. The van der Waals surface area contributed by atoms with E-state index in [-0.39, 0.29) is 11.9 Å². The van der Waals surface area contributed by atoms with Crippen LogP contribution in [-0.4, -0.2) is 16.9 Å². The minimum absolute atomic E-state index is 0.00164. The first-order chi connectivity index (χ1) is 9.04. The van der Waals surface area contributed by atoms with Crippen LogP contribution in [0.25, 0.3) is 0 Å². The number of hydrogen-bond acceptors (Lipinski definition) is 3. The van der Waals surface area contributed by atoms with E-state index in [1.165, 1.54) is 22.0 Å². The number of aryl methyl sites for hydroxylation is 1. The van der Waals surface area contributed by atoms with Crippen molar-refractivity contribution in [1.82, 2.24) is 10.3 Å². The van der Waals surface area contributed by atoms with Gasteiger partial charge in [0.2, 0.25) is 5.95 Å². The second kappa shape index (κ2) is 5.93. The number of halogens is 1. The molecule has 0 saturated carbocycles. The summed E-state index contributed by atoms with van der Waals surface area (Å²) in [7, 11) is 0. The lowest BCUT2D eigenvalue weighted by atomic mass is 10.2. The van der Waals surface area contributed by atoms with Crippen LogP contribution in [0.5, 0.6) is 0 Å². The van der Waals surface area contributed by atoms with E-state index in [1.807, 2.05) is 6.92 Å². The molecule has 2 aromatic rings. The van der Waals surface area contributed by atoms with Crippen LogP contribution in [0.4, 0.5) is 4.39 Å². The number of amides is 1. The van der Waals surface area contributed by atoms with Crippen LogP contribution in [0.15, 0.2) is 30.5 Å². The Morgan fingerprint density at radius 2 is 2.26 bits per heavy atom. The molecule has 0 saturated heterocycles. The van der Waals surface area contributed by atoms with Gasteiger partial charge in [0.05, 0.1) is 0 Å². The minimum atomic E-state index is -0.644. The van der Waals surface area contributed by atoms with Crippen molar-refractivity contribution >= 4 is 17.2 Å². The third-order valence-corrected chi connectivity index (χ3v) is 3.69. The van der Waals surface area contributed by atoms with Gasteiger partial charge in [0.25, 0.3) is 5.91 Å². The van der Waals surface area contributed by atoms with Crippen molar-refractivity contribution in [3.8, 4) is 0 Å². The Hall–Kier alpha value is -1.75. The van der Waals surface area contributed by atoms with Crippen molar-refractivity contribution in [1.29, 1.82) is 0 Å². The molecule has 0 aliphatic carbocycles. The Bertz CT molecular complexity index is 582. The topological polar surface area (TPSA) is 42.0 Å². The van der Waals surface area contributed by atoms with E-state index in [0.29, 0.717) is 5.56 Å². The fraction of sp³-hybridized carbons (Fsp3) is 0.286. The van der Waals surface area contributed by atoms with E-state index in [1.54, 1.807) is 11.3 Å². The van der Waals surface area contributed by atoms with E-state index in [9.17, 15) is 9.18 Å². The third-order valence-electron chi connectivity index (χ3n) is 2.67. The number of aromatic nitrogens is 1. The van der Waals surface area contributed by atoms with E-state index in [4.69, 9.17) is 0 Å². The average molecular weight is 278 g/mol. The lowest BCUT2D eigenvalue weighted by Gasteiger charge is -2.12. The van der Waals surface area contributed by atoms with Crippen LogP contribution in [0.1, 0.15) is 27.0 Å². The summed E-state index contributed by atoms with van der Waals surface area (Å²) in [6, 6.07) is 6.76. The second-order valence-corrected chi connectivity index (χ2v) is 5.83. The van der Waals surface area contributed by atoms with Crippen LogP contribution in [0.2, 0.25) is 0 Å². The van der Waals surface area contributed by atoms with Crippen LogP contribution in [-0.2, 0) is 6.42 Å².